The molecule has 0 heterocycles. The molecule has 0 saturated carbocycles. The Kier molecular flexibility index (Phi) is 20.5. The van der Waals surface area contributed by atoms with Crippen molar-refractivity contribution in [1.82, 2.24) is 31.9 Å². The Bertz CT molecular complexity index is 1770. The second-order valence-electron chi connectivity index (χ2n) is 13.3. The van der Waals surface area contributed by atoms with Crippen LogP contribution in [0.1, 0.15) is 51.5 Å². The number of aromatic hydroxyl groups is 1. The molecule has 7 amide bonds. The van der Waals surface area contributed by atoms with Crippen LogP contribution >= 0.6 is 0 Å². The van der Waals surface area contributed by atoms with E-state index in [1.54, 1.807) is 0 Å². The van der Waals surface area contributed by atoms with Gasteiger partial charge in [-0.15, -0.1) is 0 Å². The maximum absolute atomic E-state index is 13.5. The number of carbonyl (C=O) groups is 11. The minimum atomic E-state index is -2.10. The average molecular weight is 857 g/mol. The van der Waals surface area contributed by atoms with Gasteiger partial charge in [0.15, 0.2) is 0 Å². The Hall–Kier alpha value is -6.93. The van der Waals surface area contributed by atoms with Crippen molar-refractivity contribution in [1.29, 1.82) is 0 Å². The van der Waals surface area contributed by atoms with Gasteiger partial charge in [0.1, 0.15) is 42.0 Å². The smallest absolute Gasteiger partial charge is 0.326 e. The Morgan fingerprint density at radius 3 is 1.43 bits per heavy atom. The summed E-state index contributed by atoms with van der Waals surface area (Å²) < 4.78 is 0. The molecule has 9 atom stereocenters. The maximum atomic E-state index is 13.5. The van der Waals surface area contributed by atoms with Gasteiger partial charge in [-0.1, -0.05) is 12.1 Å². The standard InChI is InChI=1S/C34H48N8O18/c1-13(43)26(42-33(58)27(14(2)44)41-28(53)17(35)10-22(36)46)32(57)37-18(7-8-23(47)48)29(54)39-20(11-24(49)50)31(56)38-19(9-15-3-5-16(45)6-4-15)30(55)40-21(34(59)60)12-25(51)52/h3-6,13-14,17-21,26-27,43-45H,7-12,35H2,1-2H3,(H2,36,46)(H,37,57)(H,38,56)(H,39,54)(H,40,55)(H,41,53)(H,42,58)(H,47,48)(H,49,50)(H,51,52)(H,59,60)/t13-,14-,17+,18+,19+,20+,21+,26+,27+/m1/s1. The monoisotopic (exact) mass is 856 g/mol. The number of aliphatic hydroxyl groups is 2. The van der Waals surface area contributed by atoms with Crippen molar-refractivity contribution < 1.29 is 88.5 Å². The average Bonchev–Trinajstić information content (AvgIpc) is 3.12. The van der Waals surface area contributed by atoms with Crippen LogP contribution in [0.2, 0.25) is 0 Å². The fourth-order valence-electron chi connectivity index (χ4n) is 5.07. The minimum absolute atomic E-state index is 0.205. The van der Waals surface area contributed by atoms with Crippen LogP contribution < -0.4 is 43.4 Å². The first-order valence-electron chi connectivity index (χ1n) is 17.7. The Balaban J connectivity index is 3.42. The van der Waals surface area contributed by atoms with Gasteiger partial charge in [-0.3, -0.25) is 47.9 Å². The lowest BCUT2D eigenvalue weighted by molar-refractivity contribution is -0.147. The van der Waals surface area contributed by atoms with Crippen LogP contribution in [-0.2, 0) is 59.2 Å². The van der Waals surface area contributed by atoms with Crippen molar-refractivity contribution in [2.45, 2.75) is 107 Å². The molecule has 0 fully saturated rings. The zero-order chi connectivity index (χ0) is 46.0. The highest BCUT2D eigenvalue weighted by Crippen LogP contribution is 2.13. The molecule has 26 heteroatoms. The number of phenolic OH excluding ortho intramolecular Hbond substituents is 1. The Morgan fingerprint density at radius 2 is 0.967 bits per heavy atom. The Morgan fingerprint density at radius 1 is 0.550 bits per heavy atom. The summed E-state index contributed by atoms with van der Waals surface area (Å²) in [6.45, 7) is 2.04. The van der Waals surface area contributed by atoms with Gasteiger partial charge in [0.05, 0.1) is 37.5 Å². The molecule has 0 aliphatic rings. The number of aliphatic hydroxyl groups excluding tert-OH is 2. The van der Waals surface area contributed by atoms with Crippen LogP contribution in [0.25, 0.3) is 0 Å². The van der Waals surface area contributed by atoms with Crippen LogP contribution in [0.4, 0.5) is 0 Å². The predicted octanol–water partition coefficient (Wildman–Crippen LogP) is -6.29. The van der Waals surface area contributed by atoms with Gasteiger partial charge in [-0.05, 0) is 38.0 Å². The normalized spacial score (nSPS) is 15.3. The molecule has 0 bridgehead atoms. The number of amides is 7. The number of hydrogen-bond donors (Lipinski definition) is 15. The van der Waals surface area contributed by atoms with Gasteiger partial charge >= 0.3 is 23.9 Å². The zero-order valence-corrected chi connectivity index (χ0v) is 32.0. The third-order valence-corrected chi connectivity index (χ3v) is 8.18. The molecule has 26 nitrogen and oxygen atoms in total. The molecule has 17 N–H and O–H groups in total. The van der Waals surface area contributed by atoms with E-state index in [9.17, 15) is 83.4 Å². The largest absolute Gasteiger partial charge is 0.508 e. The lowest BCUT2D eigenvalue weighted by Crippen LogP contribution is -2.63. The van der Waals surface area contributed by atoms with E-state index >= 15 is 0 Å². The summed E-state index contributed by atoms with van der Waals surface area (Å²) >= 11 is 0. The van der Waals surface area contributed by atoms with Crippen LogP contribution in [-0.4, -0.2) is 155 Å². The summed E-state index contributed by atoms with van der Waals surface area (Å²) in [6, 6.07) is -8.25. The summed E-state index contributed by atoms with van der Waals surface area (Å²) in [6.07, 6.45) is -8.45. The summed E-state index contributed by atoms with van der Waals surface area (Å²) in [5.41, 5.74) is 10.8. The molecule has 0 radical (unpaired) electrons. The number of primary amides is 1. The molecule has 0 aliphatic carbocycles. The molecule has 0 spiro atoms. The third-order valence-electron chi connectivity index (χ3n) is 8.18. The van der Waals surface area contributed by atoms with Gasteiger partial charge in [0, 0.05) is 12.8 Å². The van der Waals surface area contributed by atoms with E-state index in [1.807, 2.05) is 16.0 Å². The van der Waals surface area contributed by atoms with Crippen LogP contribution in [0.3, 0.4) is 0 Å². The van der Waals surface area contributed by atoms with E-state index in [-0.39, 0.29) is 11.3 Å². The van der Waals surface area contributed by atoms with Crippen molar-refractivity contribution >= 4 is 65.2 Å². The highest BCUT2D eigenvalue weighted by Gasteiger charge is 2.37. The van der Waals surface area contributed by atoms with E-state index in [4.69, 9.17) is 16.6 Å². The molecule has 332 valence electrons. The quantitative estimate of drug-likeness (QED) is 0.0412. The first-order valence-corrected chi connectivity index (χ1v) is 17.7. The lowest BCUT2D eigenvalue weighted by Gasteiger charge is -2.28. The number of carboxylic acid groups (broad SMARTS) is 4. The van der Waals surface area contributed by atoms with Crippen molar-refractivity contribution in [2.24, 2.45) is 11.5 Å². The number of benzene rings is 1. The number of rotatable bonds is 26. The first-order chi connectivity index (χ1) is 27.8. The number of aliphatic carboxylic acids is 4. The second-order valence-corrected chi connectivity index (χ2v) is 13.3. The molecular formula is C34H48N8O18. The van der Waals surface area contributed by atoms with Crippen molar-refractivity contribution in [3.05, 3.63) is 29.8 Å². The number of phenols is 1. The van der Waals surface area contributed by atoms with Gasteiger partial charge in [0.2, 0.25) is 41.4 Å². The molecule has 60 heavy (non-hydrogen) atoms. The number of nitrogens with one attached hydrogen (secondary N) is 6. The number of carboxylic acids is 4. The van der Waals surface area contributed by atoms with Crippen LogP contribution in [0, 0.1) is 0 Å². The predicted molar refractivity (Wildman–Crippen MR) is 198 cm³/mol. The Labute approximate surface area is 339 Å². The fourth-order valence-corrected chi connectivity index (χ4v) is 5.07. The third kappa shape index (κ3) is 18.1. The van der Waals surface area contributed by atoms with Gasteiger partial charge in [0.25, 0.3) is 0 Å². The van der Waals surface area contributed by atoms with E-state index < -0.39 is 158 Å². The molecular weight excluding hydrogens is 808 g/mol. The van der Waals surface area contributed by atoms with Gasteiger partial charge in [-0.2, -0.15) is 0 Å². The van der Waals surface area contributed by atoms with E-state index in [0.717, 1.165) is 13.8 Å². The van der Waals surface area contributed by atoms with Crippen molar-refractivity contribution in [3.8, 4) is 5.75 Å². The molecule has 1 aromatic carbocycles. The van der Waals surface area contributed by atoms with Crippen LogP contribution in [0.15, 0.2) is 24.3 Å². The summed E-state index contributed by atoms with van der Waals surface area (Å²) in [5, 5.41) is 79.7. The molecule has 0 aromatic heterocycles. The molecule has 0 saturated heterocycles. The highest BCUT2D eigenvalue weighted by molar-refractivity contribution is 5.98. The van der Waals surface area contributed by atoms with Crippen LogP contribution in [0.5, 0.6) is 5.75 Å². The molecule has 0 unspecified atom stereocenters. The van der Waals surface area contributed by atoms with E-state index in [2.05, 4.69) is 16.0 Å². The molecule has 0 aliphatic heterocycles. The zero-order valence-electron chi connectivity index (χ0n) is 32.0. The van der Waals surface area contributed by atoms with Gasteiger partial charge < -0.3 is 79.1 Å². The number of carbonyl (C=O) groups excluding carboxylic acids is 7. The summed E-state index contributed by atoms with van der Waals surface area (Å²) in [5.74, 6) is -15.6. The number of hydrogen-bond acceptors (Lipinski definition) is 15. The molecule has 1 rings (SSSR count). The van der Waals surface area contributed by atoms with E-state index in [1.165, 1.54) is 24.3 Å². The second kappa shape index (κ2) is 24.1. The van der Waals surface area contributed by atoms with Crippen molar-refractivity contribution in [2.75, 3.05) is 0 Å². The highest BCUT2D eigenvalue weighted by atomic mass is 16.4. The van der Waals surface area contributed by atoms with Gasteiger partial charge in [-0.25, -0.2) is 4.79 Å². The number of nitrogens with two attached hydrogens (primary N) is 2. The molecule has 1 aromatic rings. The SMILES string of the molecule is C[C@@H](O)[C@H](NC(=O)[C@@H](NC(=O)[C@@H](N)CC(N)=O)[C@@H](C)O)C(=O)N[C@@H](CCC(=O)O)C(=O)N[C@@H](CC(=O)O)C(=O)N[C@@H](Cc1ccc(O)cc1)C(=O)N[C@@H](CC(=O)O)C(=O)O. The summed E-state index contributed by atoms with van der Waals surface area (Å²) in [7, 11) is 0. The first kappa shape index (κ1) is 51.1. The topological polar surface area (TPSA) is 454 Å². The minimum Gasteiger partial charge on any atom is -0.508 e. The lowest BCUT2D eigenvalue weighted by atomic mass is 10.0. The summed E-state index contributed by atoms with van der Waals surface area (Å²) in [4.78, 5) is 136. The fraction of sp³-hybridized carbons (Fsp3) is 0.500. The maximum Gasteiger partial charge on any atom is 0.326 e. The van der Waals surface area contributed by atoms with Crippen molar-refractivity contribution in [3.63, 3.8) is 0 Å². The van der Waals surface area contributed by atoms with E-state index in [0.29, 0.717) is 0 Å².